The van der Waals surface area contributed by atoms with E-state index in [1.54, 1.807) is 0 Å². The Kier molecular flexibility index (Phi) is 5.48. The minimum absolute atomic E-state index is 0.173. The summed E-state index contributed by atoms with van der Waals surface area (Å²) in [6.45, 7) is 8.00. The number of rotatable bonds is 4. The molecule has 1 aromatic carbocycles. The summed E-state index contributed by atoms with van der Waals surface area (Å²) in [5.41, 5.74) is 7.74. The number of likely N-dealkylation sites (tertiary alicyclic amines) is 1. The highest BCUT2D eigenvalue weighted by Crippen LogP contribution is 2.33. The van der Waals surface area contributed by atoms with Crippen LogP contribution in [-0.2, 0) is 0 Å². The fourth-order valence-corrected chi connectivity index (χ4v) is 3.53. The van der Waals surface area contributed by atoms with Crippen LogP contribution < -0.4 is 5.73 Å². The van der Waals surface area contributed by atoms with Gasteiger partial charge in [0.05, 0.1) is 6.04 Å². The molecule has 4 unspecified atom stereocenters. The average molecular weight is 295 g/mol. The highest BCUT2D eigenvalue weighted by atomic mass is 35.5. The standard InChI is InChI=1S/C17H27ClN2/c1-4-16(19)17(14-5-7-15(18)8-6-14)20-10-9-12(2)11-13(20)3/h5-8,12-13,16-17H,4,9-11,19H2,1-3H3. The van der Waals surface area contributed by atoms with Crippen LogP contribution in [0.15, 0.2) is 24.3 Å². The Bertz CT molecular complexity index is 418. The van der Waals surface area contributed by atoms with Crippen molar-refractivity contribution in [1.29, 1.82) is 0 Å². The molecular weight excluding hydrogens is 268 g/mol. The van der Waals surface area contributed by atoms with Gasteiger partial charge in [-0.05, 0) is 56.3 Å². The molecule has 0 bridgehead atoms. The van der Waals surface area contributed by atoms with E-state index in [0.717, 1.165) is 23.9 Å². The minimum atomic E-state index is 0.173. The molecule has 2 nitrogen and oxygen atoms in total. The molecule has 2 N–H and O–H groups in total. The summed E-state index contributed by atoms with van der Waals surface area (Å²) in [5, 5.41) is 0.790. The molecule has 1 saturated heterocycles. The first-order valence-electron chi connectivity index (χ1n) is 7.79. The Morgan fingerprint density at radius 1 is 1.30 bits per heavy atom. The van der Waals surface area contributed by atoms with Gasteiger partial charge in [0.2, 0.25) is 0 Å². The quantitative estimate of drug-likeness (QED) is 0.900. The van der Waals surface area contributed by atoms with Gasteiger partial charge in [0, 0.05) is 17.1 Å². The van der Waals surface area contributed by atoms with Crippen LogP contribution in [0, 0.1) is 5.92 Å². The minimum Gasteiger partial charge on any atom is -0.326 e. The summed E-state index contributed by atoms with van der Waals surface area (Å²) in [4.78, 5) is 2.59. The van der Waals surface area contributed by atoms with E-state index in [1.807, 2.05) is 12.1 Å². The molecule has 1 heterocycles. The van der Waals surface area contributed by atoms with Gasteiger partial charge in [-0.2, -0.15) is 0 Å². The lowest BCUT2D eigenvalue weighted by molar-refractivity contribution is 0.0672. The predicted octanol–water partition coefficient (Wildman–Crippen LogP) is 4.24. The van der Waals surface area contributed by atoms with E-state index in [1.165, 1.54) is 18.4 Å². The first kappa shape index (κ1) is 15.8. The van der Waals surface area contributed by atoms with Crippen LogP contribution in [0.25, 0.3) is 0 Å². The van der Waals surface area contributed by atoms with Gasteiger partial charge in [-0.15, -0.1) is 0 Å². The van der Waals surface area contributed by atoms with E-state index in [4.69, 9.17) is 17.3 Å². The fourth-order valence-electron chi connectivity index (χ4n) is 3.41. The monoisotopic (exact) mass is 294 g/mol. The second kappa shape index (κ2) is 6.93. The molecule has 3 heteroatoms. The SMILES string of the molecule is CCC(N)C(c1ccc(Cl)cc1)N1CCC(C)CC1C. The molecule has 0 amide bonds. The maximum absolute atomic E-state index is 6.44. The Morgan fingerprint density at radius 2 is 1.95 bits per heavy atom. The van der Waals surface area contributed by atoms with Crippen LogP contribution in [0.5, 0.6) is 0 Å². The Balaban J connectivity index is 2.25. The van der Waals surface area contributed by atoms with Crippen molar-refractivity contribution in [2.45, 2.75) is 58.2 Å². The Morgan fingerprint density at radius 3 is 2.50 bits per heavy atom. The molecular formula is C17H27ClN2. The van der Waals surface area contributed by atoms with Crippen molar-refractivity contribution in [3.8, 4) is 0 Å². The van der Waals surface area contributed by atoms with Crippen LogP contribution >= 0.6 is 11.6 Å². The maximum atomic E-state index is 6.44. The third-order valence-corrected chi connectivity index (χ3v) is 4.89. The second-order valence-corrected chi connectivity index (χ2v) is 6.72. The van der Waals surface area contributed by atoms with Gasteiger partial charge < -0.3 is 5.73 Å². The van der Waals surface area contributed by atoms with Gasteiger partial charge in [-0.3, -0.25) is 4.90 Å². The zero-order valence-corrected chi connectivity index (χ0v) is 13.6. The van der Waals surface area contributed by atoms with E-state index in [9.17, 15) is 0 Å². The average Bonchev–Trinajstić information content (AvgIpc) is 2.43. The smallest absolute Gasteiger partial charge is 0.0501 e. The van der Waals surface area contributed by atoms with Crippen molar-refractivity contribution < 1.29 is 0 Å². The van der Waals surface area contributed by atoms with Gasteiger partial charge in [0.15, 0.2) is 0 Å². The number of nitrogens with two attached hydrogens (primary N) is 1. The summed E-state index contributed by atoms with van der Waals surface area (Å²) >= 11 is 6.02. The number of benzene rings is 1. The molecule has 112 valence electrons. The fraction of sp³-hybridized carbons (Fsp3) is 0.647. The zero-order valence-electron chi connectivity index (χ0n) is 12.8. The Hall–Kier alpha value is -0.570. The molecule has 2 rings (SSSR count). The maximum Gasteiger partial charge on any atom is 0.0501 e. The van der Waals surface area contributed by atoms with Crippen LogP contribution in [0.4, 0.5) is 0 Å². The normalized spacial score (nSPS) is 27.2. The first-order chi connectivity index (χ1) is 9.52. The lowest BCUT2D eigenvalue weighted by Crippen LogP contribution is -2.48. The summed E-state index contributed by atoms with van der Waals surface area (Å²) < 4.78 is 0. The molecule has 1 aliphatic rings. The predicted molar refractivity (Wildman–Crippen MR) is 87.0 cm³/mol. The molecule has 4 atom stereocenters. The van der Waals surface area contributed by atoms with Crippen molar-refractivity contribution in [3.63, 3.8) is 0 Å². The van der Waals surface area contributed by atoms with Crippen molar-refractivity contribution in [2.75, 3.05) is 6.54 Å². The van der Waals surface area contributed by atoms with E-state index < -0.39 is 0 Å². The Labute approximate surface area is 128 Å². The van der Waals surface area contributed by atoms with Crippen LogP contribution in [0.2, 0.25) is 5.02 Å². The molecule has 0 saturated carbocycles. The molecule has 0 aromatic heterocycles. The lowest BCUT2D eigenvalue weighted by Gasteiger charge is -2.44. The van der Waals surface area contributed by atoms with Crippen LogP contribution in [-0.4, -0.2) is 23.5 Å². The van der Waals surface area contributed by atoms with Crippen molar-refractivity contribution in [3.05, 3.63) is 34.9 Å². The van der Waals surface area contributed by atoms with Gasteiger partial charge in [0.1, 0.15) is 0 Å². The van der Waals surface area contributed by atoms with E-state index in [0.29, 0.717) is 12.1 Å². The number of hydrogen-bond donors (Lipinski definition) is 1. The van der Waals surface area contributed by atoms with Gasteiger partial charge >= 0.3 is 0 Å². The van der Waals surface area contributed by atoms with Crippen molar-refractivity contribution >= 4 is 11.6 Å². The number of nitrogens with zero attached hydrogens (tertiary/aromatic N) is 1. The molecule has 0 radical (unpaired) electrons. The number of piperidine rings is 1. The number of halogens is 1. The van der Waals surface area contributed by atoms with Crippen LogP contribution in [0.1, 0.15) is 51.6 Å². The van der Waals surface area contributed by atoms with Crippen molar-refractivity contribution in [1.82, 2.24) is 4.90 Å². The summed E-state index contributed by atoms with van der Waals surface area (Å²) in [7, 11) is 0. The summed E-state index contributed by atoms with van der Waals surface area (Å²) in [6, 6.07) is 9.29. The van der Waals surface area contributed by atoms with E-state index in [2.05, 4.69) is 37.8 Å². The van der Waals surface area contributed by atoms with Gasteiger partial charge in [0.25, 0.3) is 0 Å². The molecule has 20 heavy (non-hydrogen) atoms. The highest BCUT2D eigenvalue weighted by Gasteiger charge is 2.32. The molecule has 0 aliphatic carbocycles. The third kappa shape index (κ3) is 3.55. The summed E-state index contributed by atoms with van der Waals surface area (Å²) in [5.74, 6) is 0.824. The largest absolute Gasteiger partial charge is 0.326 e. The van der Waals surface area contributed by atoms with E-state index in [-0.39, 0.29) is 6.04 Å². The first-order valence-corrected chi connectivity index (χ1v) is 8.17. The summed E-state index contributed by atoms with van der Waals surface area (Å²) in [6.07, 6.45) is 3.53. The molecule has 1 aliphatic heterocycles. The zero-order chi connectivity index (χ0) is 14.7. The topological polar surface area (TPSA) is 29.3 Å². The van der Waals surface area contributed by atoms with Gasteiger partial charge in [-0.25, -0.2) is 0 Å². The molecule has 0 spiro atoms. The second-order valence-electron chi connectivity index (χ2n) is 6.28. The lowest BCUT2D eigenvalue weighted by atomic mass is 9.88. The third-order valence-electron chi connectivity index (χ3n) is 4.64. The highest BCUT2D eigenvalue weighted by molar-refractivity contribution is 6.30. The van der Waals surface area contributed by atoms with Crippen LogP contribution in [0.3, 0.4) is 0 Å². The molecule has 1 fully saturated rings. The molecule has 1 aromatic rings. The van der Waals surface area contributed by atoms with Crippen molar-refractivity contribution in [2.24, 2.45) is 11.7 Å². The number of hydrogen-bond acceptors (Lipinski definition) is 2. The van der Waals surface area contributed by atoms with E-state index >= 15 is 0 Å². The van der Waals surface area contributed by atoms with Gasteiger partial charge in [-0.1, -0.05) is 37.6 Å².